The van der Waals surface area contributed by atoms with Crippen molar-refractivity contribution in [2.45, 2.75) is 25.5 Å². The van der Waals surface area contributed by atoms with Crippen molar-refractivity contribution in [3.63, 3.8) is 0 Å². The smallest absolute Gasteiger partial charge is 0.263 e. The number of ketones is 1. The SMILES string of the molecule is C=CCn1c(SCC(=O)c2ccc(Cl)cc2)nc2sc(C)c(C)c2c1=O. The highest BCUT2D eigenvalue weighted by Crippen LogP contribution is 2.28. The monoisotopic (exact) mass is 404 g/mol. The van der Waals surface area contributed by atoms with Crippen LogP contribution in [0.3, 0.4) is 0 Å². The minimum Gasteiger partial charge on any atom is -0.293 e. The second-order valence-electron chi connectivity index (χ2n) is 5.78. The molecule has 0 spiro atoms. The van der Waals surface area contributed by atoms with Crippen LogP contribution >= 0.6 is 34.7 Å². The van der Waals surface area contributed by atoms with Gasteiger partial charge in [0.1, 0.15) is 4.83 Å². The molecule has 0 atom stereocenters. The molecule has 0 aliphatic rings. The second-order valence-corrected chi connectivity index (χ2v) is 8.36. The van der Waals surface area contributed by atoms with E-state index < -0.39 is 0 Å². The Morgan fingerprint density at radius 2 is 2.04 bits per heavy atom. The summed E-state index contributed by atoms with van der Waals surface area (Å²) in [5, 5.41) is 1.78. The molecule has 0 saturated carbocycles. The zero-order valence-corrected chi connectivity index (χ0v) is 16.8. The van der Waals surface area contributed by atoms with Crippen LogP contribution in [0, 0.1) is 13.8 Å². The Bertz CT molecular complexity index is 1050. The van der Waals surface area contributed by atoms with Crippen molar-refractivity contribution in [1.82, 2.24) is 9.55 Å². The van der Waals surface area contributed by atoms with E-state index in [-0.39, 0.29) is 17.1 Å². The van der Waals surface area contributed by atoms with Gasteiger partial charge in [-0.15, -0.1) is 17.9 Å². The summed E-state index contributed by atoms with van der Waals surface area (Å²) in [6.45, 7) is 8.00. The molecule has 3 aromatic rings. The Morgan fingerprint density at radius 1 is 1.35 bits per heavy atom. The molecule has 0 aliphatic carbocycles. The number of rotatable bonds is 6. The highest BCUT2D eigenvalue weighted by atomic mass is 35.5. The zero-order valence-electron chi connectivity index (χ0n) is 14.4. The molecule has 0 unspecified atom stereocenters. The lowest BCUT2D eigenvalue weighted by Gasteiger charge is -2.10. The van der Waals surface area contributed by atoms with E-state index in [9.17, 15) is 9.59 Å². The highest BCUT2D eigenvalue weighted by molar-refractivity contribution is 7.99. The van der Waals surface area contributed by atoms with Gasteiger partial charge in [0.15, 0.2) is 10.9 Å². The topological polar surface area (TPSA) is 52.0 Å². The summed E-state index contributed by atoms with van der Waals surface area (Å²) < 4.78 is 1.58. The first-order valence-electron chi connectivity index (χ1n) is 7.95. The van der Waals surface area contributed by atoms with Crippen LogP contribution in [-0.2, 0) is 6.54 Å². The third-order valence-corrected chi connectivity index (χ3v) is 6.39. The van der Waals surface area contributed by atoms with Gasteiger partial charge in [-0.05, 0) is 43.7 Å². The van der Waals surface area contributed by atoms with E-state index in [2.05, 4.69) is 11.6 Å². The minimum atomic E-state index is -0.0850. The number of carbonyl (C=O) groups excluding carboxylic acids is 1. The molecule has 0 radical (unpaired) electrons. The fraction of sp³-hybridized carbons (Fsp3) is 0.211. The third-order valence-electron chi connectivity index (χ3n) is 4.06. The summed E-state index contributed by atoms with van der Waals surface area (Å²) in [4.78, 5) is 31.7. The van der Waals surface area contributed by atoms with Crippen molar-refractivity contribution in [3.05, 3.63) is 68.3 Å². The molecule has 0 saturated heterocycles. The Labute approximate surface area is 164 Å². The maximum absolute atomic E-state index is 12.9. The van der Waals surface area contributed by atoms with Gasteiger partial charge in [0.05, 0.1) is 11.1 Å². The van der Waals surface area contributed by atoms with Crippen LogP contribution in [0.15, 0.2) is 46.9 Å². The molecule has 4 nitrogen and oxygen atoms in total. The van der Waals surface area contributed by atoms with Gasteiger partial charge in [-0.3, -0.25) is 14.2 Å². The number of halogens is 1. The maximum Gasteiger partial charge on any atom is 0.263 e. The van der Waals surface area contributed by atoms with E-state index in [0.717, 1.165) is 10.4 Å². The molecule has 0 amide bonds. The van der Waals surface area contributed by atoms with E-state index in [1.165, 1.54) is 23.1 Å². The van der Waals surface area contributed by atoms with Crippen molar-refractivity contribution < 1.29 is 4.79 Å². The lowest BCUT2D eigenvalue weighted by Crippen LogP contribution is -2.23. The van der Waals surface area contributed by atoms with Crippen LogP contribution < -0.4 is 5.56 Å². The fourth-order valence-electron chi connectivity index (χ4n) is 2.56. The van der Waals surface area contributed by atoms with E-state index in [0.29, 0.717) is 32.5 Å². The van der Waals surface area contributed by atoms with Gasteiger partial charge in [0, 0.05) is 22.0 Å². The Hall–Kier alpha value is -1.89. The molecular formula is C19H17ClN2O2S2. The van der Waals surface area contributed by atoms with E-state index in [4.69, 9.17) is 11.6 Å². The number of hydrogen-bond donors (Lipinski definition) is 0. The Kier molecular flexibility index (Phi) is 5.65. The van der Waals surface area contributed by atoms with Crippen LogP contribution in [-0.4, -0.2) is 21.1 Å². The molecule has 1 aromatic carbocycles. The first-order valence-corrected chi connectivity index (χ1v) is 10.1. The number of carbonyl (C=O) groups is 1. The number of benzene rings is 1. The minimum absolute atomic E-state index is 0.0373. The fourth-order valence-corrected chi connectivity index (χ4v) is 4.66. The molecular weight excluding hydrogens is 388 g/mol. The molecule has 134 valence electrons. The predicted octanol–water partition coefficient (Wildman–Crippen LogP) is 4.89. The molecule has 0 fully saturated rings. The lowest BCUT2D eigenvalue weighted by atomic mass is 10.1. The number of allylic oxidation sites excluding steroid dienone is 1. The van der Waals surface area contributed by atoms with Crippen LogP contribution in [0.1, 0.15) is 20.8 Å². The largest absolute Gasteiger partial charge is 0.293 e. The molecule has 0 N–H and O–H groups in total. The quantitative estimate of drug-likeness (QED) is 0.254. The summed E-state index contributed by atoms with van der Waals surface area (Å²) in [6, 6.07) is 6.78. The maximum atomic E-state index is 12.9. The van der Waals surface area contributed by atoms with Crippen LogP contribution in [0.4, 0.5) is 0 Å². The number of thioether (sulfide) groups is 1. The van der Waals surface area contributed by atoms with Gasteiger partial charge < -0.3 is 0 Å². The van der Waals surface area contributed by atoms with Gasteiger partial charge in [0.2, 0.25) is 0 Å². The molecule has 2 heterocycles. The van der Waals surface area contributed by atoms with Crippen molar-refractivity contribution in [2.24, 2.45) is 0 Å². The van der Waals surface area contributed by atoms with Crippen molar-refractivity contribution in [3.8, 4) is 0 Å². The molecule has 26 heavy (non-hydrogen) atoms. The summed E-state index contributed by atoms with van der Waals surface area (Å²) in [7, 11) is 0. The molecule has 7 heteroatoms. The lowest BCUT2D eigenvalue weighted by molar-refractivity contribution is 0.102. The molecule has 0 bridgehead atoms. The Morgan fingerprint density at radius 3 is 2.69 bits per heavy atom. The van der Waals surface area contributed by atoms with E-state index in [1.54, 1.807) is 34.9 Å². The molecule has 2 aromatic heterocycles. The highest BCUT2D eigenvalue weighted by Gasteiger charge is 2.17. The van der Waals surface area contributed by atoms with Gasteiger partial charge in [-0.1, -0.05) is 29.4 Å². The number of Topliss-reactive ketones (excluding diaryl/α,β-unsaturated/α-hetero) is 1. The van der Waals surface area contributed by atoms with E-state index in [1.807, 2.05) is 13.8 Å². The van der Waals surface area contributed by atoms with Gasteiger partial charge in [-0.25, -0.2) is 4.98 Å². The van der Waals surface area contributed by atoms with Gasteiger partial charge >= 0.3 is 0 Å². The van der Waals surface area contributed by atoms with E-state index >= 15 is 0 Å². The zero-order chi connectivity index (χ0) is 18.8. The van der Waals surface area contributed by atoms with Crippen molar-refractivity contribution >= 4 is 50.7 Å². The summed E-state index contributed by atoms with van der Waals surface area (Å²) >= 11 is 8.63. The Balaban J connectivity index is 1.94. The number of hydrogen-bond acceptors (Lipinski definition) is 5. The van der Waals surface area contributed by atoms with Crippen molar-refractivity contribution in [1.29, 1.82) is 0 Å². The van der Waals surface area contributed by atoms with Crippen molar-refractivity contribution in [2.75, 3.05) is 5.75 Å². The molecule has 3 rings (SSSR count). The normalized spacial score (nSPS) is 11.0. The number of aromatic nitrogens is 2. The second kappa shape index (κ2) is 7.78. The predicted molar refractivity (Wildman–Crippen MR) is 110 cm³/mol. The number of fused-ring (bicyclic) bond motifs is 1. The number of aryl methyl sites for hydroxylation is 2. The number of nitrogens with zero attached hydrogens (tertiary/aromatic N) is 2. The summed E-state index contributed by atoms with van der Waals surface area (Å²) in [6.07, 6.45) is 1.66. The first kappa shape index (κ1) is 18.9. The average molecular weight is 405 g/mol. The van der Waals surface area contributed by atoms with Crippen LogP contribution in [0.5, 0.6) is 0 Å². The van der Waals surface area contributed by atoms with Crippen LogP contribution in [0.2, 0.25) is 5.02 Å². The van der Waals surface area contributed by atoms with Gasteiger partial charge in [-0.2, -0.15) is 0 Å². The first-order chi connectivity index (χ1) is 12.4. The standard InChI is InChI=1S/C19H17ClN2O2S2/c1-4-9-22-18(24)16-11(2)12(3)26-17(16)21-19(22)25-10-15(23)13-5-7-14(20)8-6-13/h4-8H,1,9-10H2,2-3H3. The van der Waals surface area contributed by atoms with Crippen LogP contribution in [0.25, 0.3) is 10.2 Å². The molecule has 0 aliphatic heterocycles. The summed E-state index contributed by atoms with van der Waals surface area (Å²) in [5.74, 6) is 0.157. The third kappa shape index (κ3) is 3.63. The average Bonchev–Trinajstić information content (AvgIpc) is 2.90. The number of thiophene rings is 1. The van der Waals surface area contributed by atoms with Gasteiger partial charge in [0.25, 0.3) is 5.56 Å². The summed E-state index contributed by atoms with van der Waals surface area (Å²) in [5.41, 5.74) is 1.47.